The molecule has 0 radical (unpaired) electrons. The van der Waals surface area contributed by atoms with Crippen LogP contribution in [-0.4, -0.2) is 5.37 Å². The van der Waals surface area contributed by atoms with Crippen LogP contribution in [0.15, 0.2) is 53.0 Å². The van der Waals surface area contributed by atoms with Gasteiger partial charge < -0.3 is 5.32 Å². The van der Waals surface area contributed by atoms with Crippen LogP contribution in [0.25, 0.3) is 0 Å². The Kier molecular flexibility index (Phi) is 1.88. The number of anilines is 1. The molecule has 2 heteroatoms. The predicted octanol–water partition coefficient (Wildman–Crippen LogP) is 3.42. The first-order valence-electron chi connectivity index (χ1n) is 4.82. The molecule has 0 spiro atoms. The van der Waals surface area contributed by atoms with E-state index in [0.717, 1.165) is 6.42 Å². The molecule has 1 aliphatic carbocycles. The van der Waals surface area contributed by atoms with E-state index in [9.17, 15) is 0 Å². The molecule has 1 atom stereocenters. The van der Waals surface area contributed by atoms with Crippen molar-refractivity contribution in [1.29, 1.82) is 0 Å². The SMILES string of the molecule is C1=CC(C2Nc3ccccc3S2)=CC1. The second kappa shape index (κ2) is 3.21. The molecular weight excluding hydrogens is 190 g/mol. The highest BCUT2D eigenvalue weighted by molar-refractivity contribution is 8.00. The van der Waals surface area contributed by atoms with Crippen LogP contribution in [0.3, 0.4) is 0 Å². The van der Waals surface area contributed by atoms with E-state index in [2.05, 4.69) is 47.8 Å². The summed E-state index contributed by atoms with van der Waals surface area (Å²) in [5, 5.41) is 3.94. The van der Waals surface area contributed by atoms with Gasteiger partial charge in [-0.1, -0.05) is 42.1 Å². The molecule has 1 aromatic carbocycles. The van der Waals surface area contributed by atoms with Crippen molar-refractivity contribution in [2.24, 2.45) is 0 Å². The molecule has 2 aliphatic rings. The monoisotopic (exact) mass is 201 g/mol. The van der Waals surface area contributed by atoms with Gasteiger partial charge >= 0.3 is 0 Å². The van der Waals surface area contributed by atoms with Gasteiger partial charge in [0.1, 0.15) is 5.37 Å². The lowest BCUT2D eigenvalue weighted by Crippen LogP contribution is -2.10. The molecule has 0 aromatic heterocycles. The Morgan fingerprint density at radius 3 is 3.00 bits per heavy atom. The minimum Gasteiger partial charge on any atom is -0.368 e. The molecule has 14 heavy (non-hydrogen) atoms. The maximum atomic E-state index is 3.52. The highest BCUT2D eigenvalue weighted by atomic mass is 32.2. The van der Waals surface area contributed by atoms with E-state index in [4.69, 9.17) is 0 Å². The Balaban J connectivity index is 1.88. The lowest BCUT2D eigenvalue weighted by molar-refractivity contribution is 1.20. The van der Waals surface area contributed by atoms with Crippen LogP contribution in [0.4, 0.5) is 5.69 Å². The van der Waals surface area contributed by atoms with Gasteiger partial charge in [-0.2, -0.15) is 0 Å². The smallest absolute Gasteiger partial charge is 0.102 e. The Morgan fingerprint density at radius 1 is 1.29 bits per heavy atom. The quantitative estimate of drug-likeness (QED) is 0.747. The number of hydrogen-bond acceptors (Lipinski definition) is 2. The number of benzene rings is 1. The van der Waals surface area contributed by atoms with Crippen molar-refractivity contribution in [3.8, 4) is 0 Å². The van der Waals surface area contributed by atoms with Crippen LogP contribution >= 0.6 is 11.8 Å². The summed E-state index contributed by atoms with van der Waals surface area (Å²) in [6.45, 7) is 0. The molecule has 0 saturated carbocycles. The van der Waals surface area contributed by atoms with Crippen LogP contribution in [0.2, 0.25) is 0 Å². The van der Waals surface area contributed by atoms with Crippen LogP contribution in [0.5, 0.6) is 0 Å². The maximum absolute atomic E-state index is 3.52. The normalized spacial score (nSPS) is 23.1. The highest BCUT2D eigenvalue weighted by Gasteiger charge is 2.23. The Morgan fingerprint density at radius 2 is 2.21 bits per heavy atom. The van der Waals surface area contributed by atoms with E-state index in [1.807, 2.05) is 11.8 Å². The van der Waals surface area contributed by atoms with E-state index < -0.39 is 0 Å². The van der Waals surface area contributed by atoms with Gasteiger partial charge in [0.15, 0.2) is 0 Å². The average molecular weight is 201 g/mol. The fourth-order valence-corrected chi connectivity index (χ4v) is 2.97. The van der Waals surface area contributed by atoms with E-state index in [1.165, 1.54) is 16.2 Å². The summed E-state index contributed by atoms with van der Waals surface area (Å²) in [7, 11) is 0. The standard InChI is InChI=1S/C12H11NS/c1-2-6-9(5-1)12-13-10-7-3-4-8-11(10)14-12/h1,3-8,12-13H,2H2. The van der Waals surface area contributed by atoms with Crippen LogP contribution in [0, 0.1) is 0 Å². The molecule has 1 aromatic rings. The first-order chi connectivity index (χ1) is 6.93. The third-order valence-corrected chi connectivity index (χ3v) is 3.76. The molecule has 3 rings (SSSR count). The minimum absolute atomic E-state index is 0.422. The van der Waals surface area contributed by atoms with E-state index in [0.29, 0.717) is 5.37 Å². The third-order valence-electron chi connectivity index (χ3n) is 2.52. The van der Waals surface area contributed by atoms with Crippen molar-refractivity contribution < 1.29 is 0 Å². The van der Waals surface area contributed by atoms with E-state index in [-0.39, 0.29) is 0 Å². The molecule has 70 valence electrons. The number of fused-ring (bicyclic) bond motifs is 1. The summed E-state index contributed by atoms with van der Waals surface area (Å²) in [6, 6.07) is 8.48. The third kappa shape index (κ3) is 1.26. The molecule has 0 bridgehead atoms. The van der Waals surface area contributed by atoms with Crippen molar-refractivity contribution in [2.75, 3.05) is 5.32 Å². The zero-order valence-corrected chi connectivity index (χ0v) is 8.55. The van der Waals surface area contributed by atoms with Gasteiger partial charge in [0.25, 0.3) is 0 Å². The molecular formula is C12H11NS. The summed E-state index contributed by atoms with van der Waals surface area (Å²) in [5.41, 5.74) is 2.68. The molecule has 1 N–H and O–H groups in total. The molecule has 1 aliphatic heterocycles. The number of rotatable bonds is 1. The Bertz CT molecular complexity index is 395. The largest absolute Gasteiger partial charge is 0.368 e. The number of hydrogen-bond donors (Lipinski definition) is 1. The van der Waals surface area contributed by atoms with Crippen molar-refractivity contribution >= 4 is 17.4 Å². The minimum atomic E-state index is 0.422. The van der Waals surface area contributed by atoms with Crippen LogP contribution < -0.4 is 5.32 Å². The van der Waals surface area contributed by atoms with Gasteiger partial charge in [-0.05, 0) is 24.1 Å². The summed E-state index contributed by atoms with van der Waals surface area (Å²) < 4.78 is 0. The zero-order chi connectivity index (χ0) is 9.38. The van der Waals surface area contributed by atoms with Crippen molar-refractivity contribution in [1.82, 2.24) is 0 Å². The summed E-state index contributed by atoms with van der Waals surface area (Å²) in [6.07, 6.45) is 7.80. The number of allylic oxidation sites excluding steroid dienone is 2. The fourth-order valence-electron chi connectivity index (χ4n) is 1.81. The first kappa shape index (κ1) is 8.18. The maximum Gasteiger partial charge on any atom is 0.102 e. The van der Waals surface area contributed by atoms with Crippen LogP contribution in [0.1, 0.15) is 6.42 Å². The van der Waals surface area contributed by atoms with Gasteiger partial charge in [0.05, 0.1) is 0 Å². The van der Waals surface area contributed by atoms with Gasteiger partial charge in [0, 0.05) is 10.6 Å². The number of para-hydroxylation sites is 1. The average Bonchev–Trinajstić information content (AvgIpc) is 2.86. The lowest BCUT2D eigenvalue weighted by atomic mass is 10.2. The van der Waals surface area contributed by atoms with Crippen molar-refractivity contribution in [3.05, 3.63) is 48.1 Å². The lowest BCUT2D eigenvalue weighted by Gasteiger charge is -2.09. The fraction of sp³-hybridized carbons (Fsp3) is 0.167. The Hall–Kier alpha value is -1.15. The molecule has 0 amide bonds. The molecule has 1 nitrogen and oxygen atoms in total. The zero-order valence-electron chi connectivity index (χ0n) is 7.73. The van der Waals surface area contributed by atoms with Crippen molar-refractivity contribution in [3.63, 3.8) is 0 Å². The number of nitrogens with one attached hydrogen (secondary N) is 1. The Labute approximate surface area is 87.9 Å². The molecule has 1 heterocycles. The second-order valence-corrected chi connectivity index (χ2v) is 4.63. The molecule has 0 saturated heterocycles. The number of thioether (sulfide) groups is 1. The second-order valence-electron chi connectivity index (χ2n) is 3.48. The molecule has 1 unspecified atom stereocenters. The van der Waals surface area contributed by atoms with Crippen LogP contribution in [-0.2, 0) is 0 Å². The van der Waals surface area contributed by atoms with Gasteiger partial charge in [-0.3, -0.25) is 0 Å². The van der Waals surface area contributed by atoms with E-state index in [1.54, 1.807) is 0 Å². The predicted molar refractivity (Wildman–Crippen MR) is 61.5 cm³/mol. The summed E-state index contributed by atoms with van der Waals surface area (Å²) in [4.78, 5) is 1.36. The first-order valence-corrected chi connectivity index (χ1v) is 5.70. The van der Waals surface area contributed by atoms with E-state index >= 15 is 0 Å². The van der Waals surface area contributed by atoms with Gasteiger partial charge in [-0.25, -0.2) is 0 Å². The molecule has 0 fully saturated rings. The van der Waals surface area contributed by atoms with Crippen molar-refractivity contribution in [2.45, 2.75) is 16.7 Å². The topological polar surface area (TPSA) is 12.0 Å². The van der Waals surface area contributed by atoms with Gasteiger partial charge in [-0.15, -0.1) is 0 Å². The summed E-state index contributed by atoms with van der Waals surface area (Å²) >= 11 is 1.90. The highest BCUT2D eigenvalue weighted by Crippen LogP contribution is 2.41. The van der Waals surface area contributed by atoms with Gasteiger partial charge in [0.2, 0.25) is 0 Å². The summed E-state index contributed by atoms with van der Waals surface area (Å²) in [5.74, 6) is 0.